The molecule has 0 amide bonds. The van der Waals surface area contributed by atoms with Crippen molar-refractivity contribution in [3.05, 3.63) is 0 Å². The first-order valence-corrected chi connectivity index (χ1v) is 10.1. The maximum absolute atomic E-state index is 12.4. The molecule has 9 heteroatoms. The van der Waals surface area contributed by atoms with E-state index in [1.165, 1.54) is 0 Å². The second kappa shape index (κ2) is 13.1. The molecule has 1 unspecified atom stereocenters. The Kier molecular flexibility index (Phi) is 12.2. The molecule has 0 aromatic heterocycles. The van der Waals surface area contributed by atoms with Gasteiger partial charge in [-0.3, -0.25) is 9.59 Å². The average molecular weight is 418 g/mol. The minimum absolute atomic E-state index is 0.0801. The minimum atomic E-state index is -2.60. The Bertz CT molecular complexity index is 550. The lowest BCUT2D eigenvalue weighted by Gasteiger charge is -2.44. The third-order valence-corrected chi connectivity index (χ3v) is 5.04. The van der Waals surface area contributed by atoms with Crippen LogP contribution in [0.2, 0.25) is 0 Å². The van der Waals surface area contributed by atoms with E-state index in [2.05, 4.69) is 0 Å². The molecule has 0 aromatic rings. The van der Waals surface area contributed by atoms with Gasteiger partial charge in [-0.2, -0.15) is 0 Å². The highest BCUT2D eigenvalue weighted by molar-refractivity contribution is 5.92. The molecule has 1 atom stereocenters. The van der Waals surface area contributed by atoms with Gasteiger partial charge in [-0.1, -0.05) is 52.9 Å². The molecule has 0 radical (unpaired) electrons. The third-order valence-electron chi connectivity index (χ3n) is 5.04. The summed E-state index contributed by atoms with van der Waals surface area (Å²) in [4.78, 5) is 48.2. The quantitative estimate of drug-likeness (QED) is 0.239. The van der Waals surface area contributed by atoms with Crippen molar-refractivity contribution in [2.75, 3.05) is 13.2 Å². The molecule has 9 nitrogen and oxygen atoms in total. The molecular formula is C20H34O9. The zero-order valence-corrected chi connectivity index (χ0v) is 17.6. The van der Waals surface area contributed by atoms with Crippen LogP contribution in [0.1, 0.15) is 78.6 Å². The SMILES string of the molecule is CCCCOC(=O)COC(CC(=O)O)(C(=O)O)C(CCCC)(CCCC)C(=O)O. The number of hydrogen-bond donors (Lipinski definition) is 3. The topological polar surface area (TPSA) is 147 Å². The van der Waals surface area contributed by atoms with Crippen molar-refractivity contribution >= 4 is 23.9 Å². The number of carbonyl (C=O) groups is 4. The maximum Gasteiger partial charge on any atom is 0.337 e. The molecule has 0 bridgehead atoms. The van der Waals surface area contributed by atoms with Gasteiger partial charge in [0.15, 0.2) is 5.60 Å². The Morgan fingerprint density at radius 1 is 0.793 bits per heavy atom. The van der Waals surface area contributed by atoms with Crippen LogP contribution in [-0.2, 0) is 28.7 Å². The average Bonchev–Trinajstić information content (AvgIpc) is 2.65. The molecule has 0 aliphatic heterocycles. The van der Waals surface area contributed by atoms with Crippen LogP contribution in [-0.4, -0.2) is 58.0 Å². The summed E-state index contributed by atoms with van der Waals surface area (Å²) in [6.07, 6.45) is 2.06. The van der Waals surface area contributed by atoms with Crippen LogP contribution in [0.25, 0.3) is 0 Å². The van der Waals surface area contributed by atoms with Gasteiger partial charge < -0.3 is 24.8 Å². The lowest BCUT2D eigenvalue weighted by Crippen LogP contribution is -2.61. The Morgan fingerprint density at radius 2 is 1.31 bits per heavy atom. The smallest absolute Gasteiger partial charge is 0.337 e. The fourth-order valence-electron chi connectivity index (χ4n) is 3.34. The van der Waals surface area contributed by atoms with Gasteiger partial charge in [0.2, 0.25) is 0 Å². The Hall–Kier alpha value is -2.16. The number of carboxylic acid groups (broad SMARTS) is 3. The van der Waals surface area contributed by atoms with Crippen molar-refractivity contribution in [2.24, 2.45) is 5.41 Å². The minimum Gasteiger partial charge on any atom is -0.481 e. The number of carboxylic acids is 3. The summed E-state index contributed by atoms with van der Waals surface area (Å²) in [6, 6.07) is 0. The summed E-state index contributed by atoms with van der Waals surface area (Å²) in [7, 11) is 0. The molecule has 0 saturated heterocycles. The van der Waals surface area contributed by atoms with Crippen LogP contribution in [0, 0.1) is 5.41 Å². The fourth-order valence-corrected chi connectivity index (χ4v) is 3.34. The predicted molar refractivity (Wildman–Crippen MR) is 104 cm³/mol. The standard InChI is InChI=1S/C20H34O9/c1-4-7-10-19(17(24)25,11-8-5-2)20(18(26)27,13-15(21)22)29-14-16(23)28-12-9-6-3/h4-14H2,1-3H3,(H,21,22)(H,24,25)(H,26,27). The largest absolute Gasteiger partial charge is 0.481 e. The first kappa shape index (κ1) is 26.8. The van der Waals surface area contributed by atoms with E-state index in [1.54, 1.807) is 0 Å². The summed E-state index contributed by atoms with van der Waals surface area (Å²) in [5, 5.41) is 29.4. The molecule has 0 aliphatic rings. The van der Waals surface area contributed by atoms with Gasteiger partial charge in [0, 0.05) is 0 Å². The zero-order valence-electron chi connectivity index (χ0n) is 17.6. The Labute approximate surface area is 171 Å². The normalized spacial score (nSPS) is 13.5. The first-order chi connectivity index (χ1) is 13.6. The molecule has 0 heterocycles. The van der Waals surface area contributed by atoms with E-state index in [0.717, 1.165) is 6.42 Å². The summed E-state index contributed by atoms with van der Waals surface area (Å²) in [6.45, 7) is 4.81. The van der Waals surface area contributed by atoms with Gasteiger partial charge >= 0.3 is 23.9 Å². The van der Waals surface area contributed by atoms with Gasteiger partial charge in [0.05, 0.1) is 13.0 Å². The van der Waals surface area contributed by atoms with Gasteiger partial charge in [0.1, 0.15) is 12.0 Å². The number of aliphatic carboxylic acids is 3. The lowest BCUT2D eigenvalue weighted by atomic mass is 9.64. The summed E-state index contributed by atoms with van der Waals surface area (Å²) in [5.74, 6) is -5.54. The van der Waals surface area contributed by atoms with Crippen LogP contribution >= 0.6 is 0 Å². The van der Waals surface area contributed by atoms with Gasteiger partial charge in [-0.05, 0) is 19.3 Å². The number of unbranched alkanes of at least 4 members (excludes halogenated alkanes) is 3. The van der Waals surface area contributed by atoms with Crippen molar-refractivity contribution in [1.82, 2.24) is 0 Å². The van der Waals surface area contributed by atoms with Gasteiger partial charge in [0.25, 0.3) is 0 Å². The van der Waals surface area contributed by atoms with Crippen molar-refractivity contribution in [1.29, 1.82) is 0 Å². The number of hydrogen-bond acceptors (Lipinski definition) is 6. The highest BCUT2D eigenvalue weighted by atomic mass is 16.6. The lowest BCUT2D eigenvalue weighted by molar-refractivity contribution is -0.211. The maximum atomic E-state index is 12.4. The van der Waals surface area contributed by atoms with Crippen LogP contribution < -0.4 is 0 Å². The van der Waals surface area contributed by atoms with Crippen LogP contribution in [0.15, 0.2) is 0 Å². The van der Waals surface area contributed by atoms with E-state index in [1.807, 2.05) is 20.8 Å². The number of carbonyl (C=O) groups excluding carboxylic acids is 1. The van der Waals surface area contributed by atoms with Crippen molar-refractivity contribution < 1.29 is 44.0 Å². The third kappa shape index (κ3) is 7.30. The molecule has 0 fully saturated rings. The van der Waals surface area contributed by atoms with Crippen LogP contribution in [0.4, 0.5) is 0 Å². The van der Waals surface area contributed by atoms with Crippen molar-refractivity contribution in [2.45, 2.75) is 84.2 Å². The summed E-state index contributed by atoms with van der Waals surface area (Å²) >= 11 is 0. The highest BCUT2D eigenvalue weighted by Crippen LogP contribution is 2.47. The Morgan fingerprint density at radius 3 is 1.69 bits per heavy atom. The highest BCUT2D eigenvalue weighted by Gasteiger charge is 2.63. The predicted octanol–water partition coefficient (Wildman–Crippen LogP) is 3.10. The van der Waals surface area contributed by atoms with Gasteiger partial charge in [-0.25, -0.2) is 9.59 Å². The molecule has 29 heavy (non-hydrogen) atoms. The zero-order chi connectivity index (χ0) is 22.5. The summed E-state index contributed by atoms with van der Waals surface area (Å²) in [5.41, 5.74) is -4.59. The van der Waals surface area contributed by atoms with Crippen LogP contribution in [0.5, 0.6) is 0 Å². The van der Waals surface area contributed by atoms with E-state index >= 15 is 0 Å². The van der Waals surface area contributed by atoms with Gasteiger partial charge in [-0.15, -0.1) is 0 Å². The number of ether oxygens (including phenoxy) is 2. The number of esters is 1. The van der Waals surface area contributed by atoms with Crippen molar-refractivity contribution in [3.8, 4) is 0 Å². The molecule has 3 N–H and O–H groups in total. The molecule has 168 valence electrons. The van der Waals surface area contributed by atoms with Crippen molar-refractivity contribution in [3.63, 3.8) is 0 Å². The van der Waals surface area contributed by atoms with E-state index in [9.17, 15) is 34.5 Å². The van der Waals surface area contributed by atoms with Crippen LogP contribution in [0.3, 0.4) is 0 Å². The monoisotopic (exact) mass is 418 g/mol. The van der Waals surface area contributed by atoms with E-state index in [-0.39, 0.29) is 19.4 Å². The van der Waals surface area contributed by atoms with E-state index in [4.69, 9.17) is 9.47 Å². The van der Waals surface area contributed by atoms with E-state index < -0.39 is 47.9 Å². The molecule has 0 rings (SSSR count). The summed E-state index contributed by atoms with van der Waals surface area (Å²) < 4.78 is 10.3. The molecule has 0 spiro atoms. The van der Waals surface area contributed by atoms with E-state index in [0.29, 0.717) is 32.1 Å². The molecular weight excluding hydrogens is 384 g/mol. The fraction of sp³-hybridized carbons (Fsp3) is 0.800. The molecule has 0 aliphatic carbocycles. The molecule has 0 aromatic carbocycles. The second-order valence-corrected chi connectivity index (χ2v) is 7.16. The number of rotatable bonds is 17. The molecule has 0 saturated carbocycles. The second-order valence-electron chi connectivity index (χ2n) is 7.16. The Balaban J connectivity index is 6.14. The first-order valence-electron chi connectivity index (χ1n) is 10.1.